The number of nitrogens with zero attached hydrogens (tertiary/aromatic N) is 4. The number of hydrogen-bond donors (Lipinski definition) is 1. The molecule has 0 aliphatic rings. The van der Waals surface area contributed by atoms with Gasteiger partial charge in [-0.1, -0.05) is 30.3 Å². The van der Waals surface area contributed by atoms with Gasteiger partial charge in [-0.15, -0.1) is 0 Å². The SMILES string of the molecule is Cn1c(-c2ccccc2)nc2cnc(-c3ccc(N)nc3)cc21. The summed E-state index contributed by atoms with van der Waals surface area (Å²) in [6.45, 7) is 0. The summed E-state index contributed by atoms with van der Waals surface area (Å²) in [4.78, 5) is 13.3. The second kappa shape index (κ2) is 5.21. The molecule has 0 aliphatic carbocycles. The van der Waals surface area contributed by atoms with Crippen molar-refractivity contribution in [3.63, 3.8) is 0 Å². The van der Waals surface area contributed by atoms with Crippen LogP contribution in [0.5, 0.6) is 0 Å². The van der Waals surface area contributed by atoms with Crippen molar-refractivity contribution in [3.8, 4) is 22.6 Å². The molecule has 4 aromatic rings. The molecule has 5 nitrogen and oxygen atoms in total. The van der Waals surface area contributed by atoms with Gasteiger partial charge in [0.05, 0.1) is 17.4 Å². The summed E-state index contributed by atoms with van der Waals surface area (Å²) >= 11 is 0. The Labute approximate surface area is 133 Å². The summed E-state index contributed by atoms with van der Waals surface area (Å²) in [6.07, 6.45) is 3.53. The highest BCUT2D eigenvalue weighted by molar-refractivity contribution is 5.83. The molecule has 0 saturated carbocycles. The Balaban J connectivity index is 1.86. The molecule has 0 aliphatic heterocycles. The van der Waals surface area contributed by atoms with E-state index in [1.54, 1.807) is 18.5 Å². The van der Waals surface area contributed by atoms with Crippen molar-refractivity contribution in [2.45, 2.75) is 0 Å². The average molecular weight is 301 g/mol. The Morgan fingerprint density at radius 3 is 2.48 bits per heavy atom. The van der Waals surface area contributed by atoms with Gasteiger partial charge in [-0.05, 0) is 18.2 Å². The van der Waals surface area contributed by atoms with Crippen LogP contribution in [0.25, 0.3) is 33.7 Å². The summed E-state index contributed by atoms with van der Waals surface area (Å²) < 4.78 is 2.08. The van der Waals surface area contributed by atoms with Gasteiger partial charge in [0.2, 0.25) is 0 Å². The minimum atomic E-state index is 0.502. The number of pyridine rings is 2. The molecule has 1 aromatic carbocycles. The molecule has 0 unspecified atom stereocenters. The maximum Gasteiger partial charge on any atom is 0.140 e. The number of hydrogen-bond acceptors (Lipinski definition) is 4. The van der Waals surface area contributed by atoms with Gasteiger partial charge < -0.3 is 10.3 Å². The van der Waals surface area contributed by atoms with Crippen LogP contribution in [-0.4, -0.2) is 19.5 Å². The maximum atomic E-state index is 5.64. The molecule has 0 amide bonds. The third kappa shape index (κ3) is 2.32. The molecule has 5 heteroatoms. The summed E-state index contributed by atoms with van der Waals surface area (Å²) in [5.41, 5.74) is 10.4. The lowest BCUT2D eigenvalue weighted by Crippen LogP contribution is -1.93. The molecule has 0 saturated heterocycles. The molecule has 4 rings (SSSR count). The van der Waals surface area contributed by atoms with E-state index in [9.17, 15) is 0 Å². The standard InChI is InChI=1S/C18H15N5/c1-23-16-9-14(13-7-8-17(19)21-10-13)20-11-15(16)22-18(23)12-5-3-2-4-6-12/h2-11H,1H3,(H2,19,21). The summed E-state index contributed by atoms with van der Waals surface area (Å²) in [6, 6.07) is 15.9. The predicted molar refractivity (Wildman–Crippen MR) is 91.6 cm³/mol. The lowest BCUT2D eigenvalue weighted by atomic mass is 10.2. The number of fused-ring (bicyclic) bond motifs is 1. The van der Waals surface area contributed by atoms with Gasteiger partial charge in [0.15, 0.2) is 0 Å². The van der Waals surface area contributed by atoms with Crippen molar-refractivity contribution in [2.24, 2.45) is 7.05 Å². The number of aromatic nitrogens is 4. The van der Waals surface area contributed by atoms with Crippen molar-refractivity contribution in [3.05, 3.63) is 60.9 Å². The second-order valence-corrected chi connectivity index (χ2v) is 5.39. The lowest BCUT2D eigenvalue weighted by molar-refractivity contribution is 0.959. The largest absolute Gasteiger partial charge is 0.384 e. The monoisotopic (exact) mass is 301 g/mol. The van der Waals surface area contributed by atoms with Crippen LogP contribution < -0.4 is 5.73 Å². The quantitative estimate of drug-likeness (QED) is 0.617. The van der Waals surface area contributed by atoms with Crippen LogP contribution in [0, 0.1) is 0 Å². The summed E-state index contributed by atoms with van der Waals surface area (Å²) in [5, 5.41) is 0. The molecular weight excluding hydrogens is 286 g/mol. The molecule has 23 heavy (non-hydrogen) atoms. The zero-order valence-corrected chi connectivity index (χ0v) is 12.6. The van der Waals surface area contributed by atoms with E-state index in [1.165, 1.54) is 0 Å². The highest BCUT2D eigenvalue weighted by atomic mass is 15.1. The van der Waals surface area contributed by atoms with Crippen LogP contribution in [0.4, 0.5) is 5.82 Å². The Morgan fingerprint density at radius 1 is 0.913 bits per heavy atom. The molecule has 0 fully saturated rings. The third-order valence-electron chi connectivity index (χ3n) is 3.88. The second-order valence-electron chi connectivity index (χ2n) is 5.39. The highest BCUT2D eigenvalue weighted by Crippen LogP contribution is 2.26. The third-order valence-corrected chi connectivity index (χ3v) is 3.88. The van der Waals surface area contributed by atoms with Gasteiger partial charge in [-0.25, -0.2) is 9.97 Å². The number of anilines is 1. The van der Waals surface area contributed by atoms with Crippen molar-refractivity contribution in [1.82, 2.24) is 19.5 Å². The van der Waals surface area contributed by atoms with Crippen molar-refractivity contribution >= 4 is 16.9 Å². The fourth-order valence-corrected chi connectivity index (χ4v) is 2.66. The number of nitrogens with two attached hydrogens (primary N) is 1. The minimum absolute atomic E-state index is 0.502. The first-order chi connectivity index (χ1) is 11.2. The van der Waals surface area contributed by atoms with E-state index in [2.05, 4.69) is 26.7 Å². The molecule has 0 spiro atoms. The topological polar surface area (TPSA) is 69.6 Å². The fraction of sp³-hybridized carbons (Fsp3) is 0.0556. The van der Waals surface area contributed by atoms with E-state index in [0.717, 1.165) is 33.7 Å². The van der Waals surface area contributed by atoms with E-state index in [1.807, 2.05) is 37.4 Å². The van der Waals surface area contributed by atoms with Gasteiger partial charge in [0.1, 0.15) is 17.2 Å². The van der Waals surface area contributed by atoms with Gasteiger partial charge >= 0.3 is 0 Å². The lowest BCUT2D eigenvalue weighted by Gasteiger charge is -2.03. The van der Waals surface area contributed by atoms with Crippen LogP contribution in [0.15, 0.2) is 60.9 Å². The molecule has 112 valence electrons. The van der Waals surface area contributed by atoms with E-state index in [4.69, 9.17) is 10.7 Å². The minimum Gasteiger partial charge on any atom is -0.384 e. The highest BCUT2D eigenvalue weighted by Gasteiger charge is 2.11. The number of rotatable bonds is 2. The van der Waals surface area contributed by atoms with E-state index < -0.39 is 0 Å². The zero-order chi connectivity index (χ0) is 15.8. The Morgan fingerprint density at radius 2 is 1.74 bits per heavy atom. The van der Waals surface area contributed by atoms with Crippen LogP contribution >= 0.6 is 0 Å². The summed E-state index contributed by atoms with van der Waals surface area (Å²) in [7, 11) is 2.02. The average Bonchev–Trinajstić information content (AvgIpc) is 2.93. The van der Waals surface area contributed by atoms with Gasteiger partial charge in [0, 0.05) is 24.4 Å². The predicted octanol–water partition coefficient (Wildman–Crippen LogP) is 3.28. The fourth-order valence-electron chi connectivity index (χ4n) is 2.66. The zero-order valence-electron chi connectivity index (χ0n) is 12.6. The van der Waals surface area contributed by atoms with Gasteiger partial charge in [0.25, 0.3) is 0 Å². The van der Waals surface area contributed by atoms with Crippen LogP contribution in [0.2, 0.25) is 0 Å². The number of benzene rings is 1. The van der Waals surface area contributed by atoms with Crippen molar-refractivity contribution in [1.29, 1.82) is 0 Å². The Kier molecular flexibility index (Phi) is 3.05. The number of imidazole rings is 1. The Bertz CT molecular complexity index is 972. The Hall–Kier alpha value is -3.21. The molecule has 0 bridgehead atoms. The van der Waals surface area contributed by atoms with Crippen molar-refractivity contribution < 1.29 is 0 Å². The first-order valence-corrected chi connectivity index (χ1v) is 7.32. The first kappa shape index (κ1) is 13.5. The maximum absolute atomic E-state index is 5.64. The van der Waals surface area contributed by atoms with Crippen LogP contribution in [-0.2, 0) is 7.05 Å². The molecule has 2 N–H and O–H groups in total. The molecular formula is C18H15N5. The molecule has 3 heterocycles. The van der Waals surface area contributed by atoms with Crippen LogP contribution in [0.1, 0.15) is 0 Å². The smallest absolute Gasteiger partial charge is 0.140 e. The van der Waals surface area contributed by atoms with E-state index in [-0.39, 0.29) is 0 Å². The van der Waals surface area contributed by atoms with Crippen molar-refractivity contribution in [2.75, 3.05) is 5.73 Å². The number of aryl methyl sites for hydroxylation is 1. The van der Waals surface area contributed by atoms with Crippen LogP contribution in [0.3, 0.4) is 0 Å². The normalized spacial score (nSPS) is 11.0. The molecule has 0 atom stereocenters. The van der Waals surface area contributed by atoms with E-state index in [0.29, 0.717) is 5.82 Å². The van der Waals surface area contributed by atoms with Gasteiger partial charge in [-0.2, -0.15) is 0 Å². The first-order valence-electron chi connectivity index (χ1n) is 7.32. The molecule has 0 radical (unpaired) electrons. The molecule has 3 aromatic heterocycles. The van der Waals surface area contributed by atoms with E-state index >= 15 is 0 Å². The van der Waals surface area contributed by atoms with Gasteiger partial charge in [-0.3, -0.25) is 4.98 Å². The summed E-state index contributed by atoms with van der Waals surface area (Å²) in [5.74, 6) is 1.43. The number of nitrogen functional groups attached to an aromatic ring is 1.